The van der Waals surface area contributed by atoms with Crippen molar-refractivity contribution < 1.29 is 23.7 Å². The lowest BCUT2D eigenvalue weighted by atomic mass is 9.93. The molecule has 30 heavy (non-hydrogen) atoms. The van der Waals surface area contributed by atoms with E-state index in [1.54, 1.807) is 28.4 Å². The number of nitrogens with one attached hydrogen (secondary N) is 1. The molecule has 0 atom stereocenters. The quantitative estimate of drug-likeness (QED) is 0.365. The average Bonchev–Trinajstić information content (AvgIpc) is 3.22. The lowest BCUT2D eigenvalue weighted by Crippen LogP contribution is -2.04. The van der Waals surface area contributed by atoms with Crippen LogP contribution >= 0.6 is 0 Å². The van der Waals surface area contributed by atoms with Crippen molar-refractivity contribution in [1.82, 2.24) is 4.98 Å². The molecule has 0 saturated heterocycles. The molecular formula is C24H23NO5. The van der Waals surface area contributed by atoms with Crippen LogP contribution in [0.25, 0.3) is 21.5 Å². The SMILES string of the molecule is COc1cc2cc(C(=O)c3cc(C)c[nH]3)c3cc(OC)c(OC)cc3c2cc1OC. The van der Waals surface area contributed by atoms with Gasteiger partial charge in [-0.05, 0) is 70.4 Å². The molecular weight excluding hydrogens is 382 g/mol. The summed E-state index contributed by atoms with van der Waals surface area (Å²) in [7, 11) is 6.36. The van der Waals surface area contributed by atoms with Gasteiger partial charge in [-0.25, -0.2) is 0 Å². The summed E-state index contributed by atoms with van der Waals surface area (Å²) in [5.41, 5.74) is 2.09. The van der Waals surface area contributed by atoms with Crippen molar-refractivity contribution in [2.24, 2.45) is 0 Å². The Kier molecular flexibility index (Phi) is 4.99. The van der Waals surface area contributed by atoms with Gasteiger partial charge >= 0.3 is 0 Å². The Labute approximate surface area is 174 Å². The Morgan fingerprint density at radius 3 is 1.77 bits per heavy atom. The zero-order chi connectivity index (χ0) is 21.4. The summed E-state index contributed by atoms with van der Waals surface area (Å²) in [4.78, 5) is 16.4. The van der Waals surface area contributed by atoms with Gasteiger partial charge in [0.25, 0.3) is 0 Å². The molecule has 6 heteroatoms. The first kappa shape index (κ1) is 19.6. The largest absolute Gasteiger partial charge is 0.493 e. The molecule has 0 aliphatic rings. The zero-order valence-corrected chi connectivity index (χ0v) is 17.6. The number of aromatic nitrogens is 1. The lowest BCUT2D eigenvalue weighted by molar-refractivity contribution is 0.103. The molecule has 4 rings (SSSR count). The van der Waals surface area contributed by atoms with Crippen molar-refractivity contribution in [3.05, 3.63) is 59.4 Å². The molecule has 154 valence electrons. The molecule has 0 amide bonds. The first-order chi connectivity index (χ1) is 14.5. The van der Waals surface area contributed by atoms with Crippen LogP contribution in [-0.4, -0.2) is 39.2 Å². The Morgan fingerprint density at radius 2 is 1.23 bits per heavy atom. The van der Waals surface area contributed by atoms with Gasteiger partial charge in [-0.1, -0.05) is 0 Å². The standard InChI is InChI=1S/C24H23NO5/c1-13-6-19(25-12-13)24(26)18-7-14-8-20(27-2)21(28-3)9-15(14)16-10-22(29-4)23(30-5)11-17(16)18/h6-12,25H,1-5H3. The second-order valence-corrected chi connectivity index (χ2v) is 7.03. The Morgan fingerprint density at radius 1 is 0.700 bits per heavy atom. The van der Waals surface area contributed by atoms with E-state index < -0.39 is 0 Å². The maximum Gasteiger partial charge on any atom is 0.209 e. The molecule has 0 radical (unpaired) electrons. The summed E-state index contributed by atoms with van der Waals surface area (Å²) in [6.07, 6.45) is 1.81. The van der Waals surface area contributed by atoms with Crippen molar-refractivity contribution >= 4 is 27.3 Å². The number of H-pyrrole nitrogens is 1. The Hall–Kier alpha value is -3.67. The summed E-state index contributed by atoms with van der Waals surface area (Å²) < 4.78 is 22.0. The molecule has 0 unspecified atom stereocenters. The molecule has 0 spiro atoms. The summed E-state index contributed by atoms with van der Waals surface area (Å²) in [5, 5.41) is 3.41. The molecule has 1 heterocycles. The van der Waals surface area contributed by atoms with Crippen LogP contribution in [0.15, 0.2) is 42.6 Å². The number of aryl methyl sites for hydroxylation is 1. The highest BCUT2D eigenvalue weighted by Crippen LogP contribution is 2.41. The normalized spacial score (nSPS) is 11.0. The number of hydrogen-bond acceptors (Lipinski definition) is 5. The van der Waals surface area contributed by atoms with Crippen molar-refractivity contribution in [3.8, 4) is 23.0 Å². The fraction of sp³-hybridized carbons (Fsp3) is 0.208. The number of fused-ring (bicyclic) bond motifs is 3. The van der Waals surface area contributed by atoms with E-state index in [0.717, 1.165) is 27.1 Å². The van der Waals surface area contributed by atoms with Gasteiger partial charge in [0.15, 0.2) is 23.0 Å². The summed E-state index contributed by atoms with van der Waals surface area (Å²) in [6.45, 7) is 1.94. The summed E-state index contributed by atoms with van der Waals surface area (Å²) >= 11 is 0. The molecule has 0 fully saturated rings. The molecule has 1 N–H and O–H groups in total. The van der Waals surface area contributed by atoms with Crippen molar-refractivity contribution in [1.29, 1.82) is 0 Å². The monoisotopic (exact) mass is 405 g/mol. The minimum absolute atomic E-state index is 0.1000. The molecule has 1 aromatic heterocycles. The Bertz CT molecular complexity index is 1270. The van der Waals surface area contributed by atoms with Crippen LogP contribution in [0.4, 0.5) is 0 Å². The minimum Gasteiger partial charge on any atom is -0.493 e. The molecule has 0 bridgehead atoms. The molecule has 0 aliphatic carbocycles. The molecule has 4 aromatic rings. The molecule has 0 aliphatic heterocycles. The van der Waals surface area contributed by atoms with Crippen molar-refractivity contribution in [2.75, 3.05) is 28.4 Å². The van der Waals surface area contributed by atoms with E-state index in [2.05, 4.69) is 4.98 Å². The fourth-order valence-corrected chi connectivity index (χ4v) is 3.77. The Balaban J connectivity index is 2.11. The number of methoxy groups -OCH3 is 4. The first-order valence-electron chi connectivity index (χ1n) is 9.45. The van der Waals surface area contributed by atoms with E-state index >= 15 is 0 Å². The minimum atomic E-state index is -0.1000. The van der Waals surface area contributed by atoms with Gasteiger partial charge < -0.3 is 23.9 Å². The van der Waals surface area contributed by atoms with Crippen LogP contribution in [0.2, 0.25) is 0 Å². The van der Waals surface area contributed by atoms with E-state index in [-0.39, 0.29) is 5.78 Å². The van der Waals surface area contributed by atoms with Crippen molar-refractivity contribution in [2.45, 2.75) is 6.92 Å². The fourth-order valence-electron chi connectivity index (χ4n) is 3.77. The second kappa shape index (κ2) is 7.63. The zero-order valence-electron chi connectivity index (χ0n) is 17.6. The van der Waals surface area contributed by atoms with Crippen LogP contribution in [0.5, 0.6) is 23.0 Å². The topological polar surface area (TPSA) is 69.8 Å². The highest BCUT2D eigenvalue weighted by Gasteiger charge is 2.20. The number of rotatable bonds is 6. The van der Waals surface area contributed by atoms with Crippen LogP contribution in [0.3, 0.4) is 0 Å². The number of ether oxygens (including phenoxy) is 4. The van der Waals surface area contributed by atoms with Gasteiger partial charge in [0, 0.05) is 11.8 Å². The smallest absolute Gasteiger partial charge is 0.209 e. The van der Waals surface area contributed by atoms with Gasteiger partial charge in [0.1, 0.15) is 0 Å². The van der Waals surface area contributed by atoms with Crippen LogP contribution < -0.4 is 18.9 Å². The highest BCUT2D eigenvalue weighted by molar-refractivity contribution is 6.22. The van der Waals surface area contributed by atoms with E-state index in [1.165, 1.54) is 0 Å². The van der Waals surface area contributed by atoms with E-state index in [9.17, 15) is 4.79 Å². The first-order valence-corrected chi connectivity index (χ1v) is 9.45. The summed E-state index contributed by atoms with van der Waals surface area (Å²) in [5.74, 6) is 2.25. The maximum absolute atomic E-state index is 13.4. The van der Waals surface area contributed by atoms with Gasteiger partial charge in [0.2, 0.25) is 5.78 Å². The van der Waals surface area contributed by atoms with Crippen LogP contribution in [0.1, 0.15) is 21.6 Å². The predicted molar refractivity (Wildman–Crippen MR) is 117 cm³/mol. The average molecular weight is 405 g/mol. The lowest BCUT2D eigenvalue weighted by Gasteiger charge is -2.16. The van der Waals surface area contributed by atoms with E-state index in [0.29, 0.717) is 34.3 Å². The highest BCUT2D eigenvalue weighted by atomic mass is 16.5. The van der Waals surface area contributed by atoms with Gasteiger partial charge in [-0.2, -0.15) is 0 Å². The van der Waals surface area contributed by atoms with Gasteiger partial charge in [0.05, 0.1) is 34.1 Å². The van der Waals surface area contributed by atoms with E-state index in [1.807, 2.05) is 49.5 Å². The number of carbonyl (C=O) groups is 1. The van der Waals surface area contributed by atoms with Crippen molar-refractivity contribution in [3.63, 3.8) is 0 Å². The third kappa shape index (κ3) is 3.10. The van der Waals surface area contributed by atoms with E-state index in [4.69, 9.17) is 18.9 Å². The van der Waals surface area contributed by atoms with Crippen LogP contribution in [-0.2, 0) is 0 Å². The third-order valence-corrected chi connectivity index (χ3v) is 5.28. The number of hydrogen-bond donors (Lipinski definition) is 1. The second-order valence-electron chi connectivity index (χ2n) is 7.03. The number of aromatic amines is 1. The number of ketones is 1. The maximum atomic E-state index is 13.4. The molecule has 0 saturated carbocycles. The molecule has 3 aromatic carbocycles. The third-order valence-electron chi connectivity index (χ3n) is 5.28. The van der Waals surface area contributed by atoms with Crippen LogP contribution in [0, 0.1) is 6.92 Å². The number of carbonyl (C=O) groups excluding carboxylic acids is 1. The van der Waals surface area contributed by atoms with Gasteiger partial charge in [-0.3, -0.25) is 4.79 Å². The van der Waals surface area contributed by atoms with Gasteiger partial charge in [-0.15, -0.1) is 0 Å². The molecule has 6 nitrogen and oxygen atoms in total. The predicted octanol–water partition coefficient (Wildman–Crippen LogP) is 4.89. The summed E-state index contributed by atoms with van der Waals surface area (Å²) in [6, 6.07) is 11.2. The number of benzene rings is 3.